The molecule has 0 aliphatic heterocycles. The summed E-state index contributed by atoms with van der Waals surface area (Å²) < 4.78 is 37.7. The molecule has 0 bridgehead atoms. The van der Waals surface area contributed by atoms with Gasteiger partial charge in [-0.3, -0.25) is 4.79 Å². The number of hydrogen-bond acceptors (Lipinski definition) is 2. The van der Waals surface area contributed by atoms with Crippen molar-refractivity contribution in [2.75, 3.05) is 0 Å². The van der Waals surface area contributed by atoms with Crippen molar-refractivity contribution in [3.05, 3.63) is 35.9 Å². The first-order valence-corrected chi connectivity index (χ1v) is 7.05. The van der Waals surface area contributed by atoms with Crippen LogP contribution in [0, 0.1) is 5.92 Å². The highest BCUT2D eigenvalue weighted by Crippen LogP contribution is 2.37. The van der Waals surface area contributed by atoms with E-state index in [4.69, 9.17) is 5.73 Å². The molecule has 1 aliphatic carbocycles. The van der Waals surface area contributed by atoms with Crippen LogP contribution in [0.25, 0.3) is 0 Å². The lowest BCUT2D eigenvalue weighted by molar-refractivity contribution is -0.182. The molecule has 1 aromatic rings. The summed E-state index contributed by atoms with van der Waals surface area (Å²) in [5.74, 6) is -1.58. The van der Waals surface area contributed by atoms with Gasteiger partial charge in [-0.15, -0.1) is 12.4 Å². The van der Waals surface area contributed by atoms with Crippen molar-refractivity contribution in [1.82, 2.24) is 5.32 Å². The van der Waals surface area contributed by atoms with E-state index >= 15 is 0 Å². The van der Waals surface area contributed by atoms with Crippen LogP contribution in [-0.4, -0.2) is 18.1 Å². The Hall–Kier alpha value is -1.27. The number of nitrogens with one attached hydrogen (secondary N) is 1. The SMILES string of the molecule is Cl.NC(C(=O)NC1CCC(C(F)(F)F)CC1)c1ccccc1. The third-order valence-corrected chi connectivity index (χ3v) is 3.98. The van der Waals surface area contributed by atoms with Crippen LogP contribution >= 0.6 is 12.4 Å². The first-order chi connectivity index (χ1) is 9.88. The molecule has 0 saturated heterocycles. The van der Waals surface area contributed by atoms with E-state index in [2.05, 4.69) is 5.32 Å². The Balaban J connectivity index is 0.00000242. The van der Waals surface area contributed by atoms with E-state index in [0.717, 1.165) is 0 Å². The van der Waals surface area contributed by atoms with Gasteiger partial charge in [-0.05, 0) is 31.2 Å². The second kappa shape index (κ2) is 7.83. The molecule has 1 unspecified atom stereocenters. The van der Waals surface area contributed by atoms with Crippen LogP contribution in [0.3, 0.4) is 0 Å². The Kier molecular flexibility index (Phi) is 6.68. The average Bonchev–Trinajstić information content (AvgIpc) is 2.47. The fourth-order valence-electron chi connectivity index (χ4n) is 2.67. The predicted molar refractivity (Wildman–Crippen MR) is 80.6 cm³/mol. The van der Waals surface area contributed by atoms with E-state index < -0.39 is 18.1 Å². The van der Waals surface area contributed by atoms with E-state index in [1.54, 1.807) is 24.3 Å². The van der Waals surface area contributed by atoms with Crippen LogP contribution in [0.1, 0.15) is 37.3 Å². The zero-order chi connectivity index (χ0) is 15.5. The first kappa shape index (κ1) is 18.8. The van der Waals surface area contributed by atoms with Gasteiger partial charge in [0.25, 0.3) is 0 Å². The van der Waals surface area contributed by atoms with Gasteiger partial charge in [0.2, 0.25) is 5.91 Å². The molecular formula is C15H20ClF3N2O. The molecule has 1 fully saturated rings. The van der Waals surface area contributed by atoms with Crippen LogP contribution in [-0.2, 0) is 4.79 Å². The molecule has 0 heterocycles. The maximum Gasteiger partial charge on any atom is 0.391 e. The zero-order valence-corrected chi connectivity index (χ0v) is 12.8. The summed E-state index contributed by atoms with van der Waals surface area (Å²) in [7, 11) is 0. The number of amides is 1. The highest BCUT2D eigenvalue weighted by atomic mass is 35.5. The molecule has 1 amide bonds. The third kappa shape index (κ3) is 4.88. The third-order valence-electron chi connectivity index (χ3n) is 3.98. The Morgan fingerprint density at radius 1 is 1.14 bits per heavy atom. The molecule has 1 atom stereocenters. The topological polar surface area (TPSA) is 55.1 Å². The van der Waals surface area contributed by atoms with Gasteiger partial charge in [-0.25, -0.2) is 0 Å². The largest absolute Gasteiger partial charge is 0.391 e. The van der Waals surface area contributed by atoms with E-state index in [1.807, 2.05) is 6.07 Å². The van der Waals surface area contributed by atoms with Gasteiger partial charge in [-0.2, -0.15) is 13.2 Å². The van der Waals surface area contributed by atoms with E-state index in [1.165, 1.54) is 0 Å². The standard InChI is InChI=1S/C15H19F3N2O.ClH/c16-15(17,18)11-6-8-12(9-7-11)20-14(21)13(19)10-4-2-1-3-5-10;/h1-5,11-13H,6-9,19H2,(H,20,21);1H. The summed E-state index contributed by atoms with van der Waals surface area (Å²) in [4.78, 5) is 12.0. The zero-order valence-electron chi connectivity index (χ0n) is 12.0. The minimum atomic E-state index is -4.13. The van der Waals surface area contributed by atoms with Crippen LogP contribution < -0.4 is 11.1 Å². The second-order valence-electron chi connectivity index (χ2n) is 5.49. The quantitative estimate of drug-likeness (QED) is 0.889. The Labute approximate surface area is 133 Å². The fraction of sp³-hybridized carbons (Fsp3) is 0.533. The first-order valence-electron chi connectivity index (χ1n) is 7.05. The lowest BCUT2D eigenvalue weighted by Gasteiger charge is -2.30. The van der Waals surface area contributed by atoms with Crippen molar-refractivity contribution < 1.29 is 18.0 Å². The number of rotatable bonds is 3. The summed E-state index contributed by atoms with van der Waals surface area (Å²) in [6, 6.07) is 7.91. The average molecular weight is 337 g/mol. The van der Waals surface area contributed by atoms with Crippen LogP contribution in [0.15, 0.2) is 30.3 Å². The van der Waals surface area contributed by atoms with Crippen molar-refractivity contribution >= 4 is 18.3 Å². The Bertz CT molecular complexity index is 473. The number of nitrogens with two attached hydrogens (primary N) is 1. The predicted octanol–water partition coefficient (Wildman–Crippen LogP) is 3.35. The minimum Gasteiger partial charge on any atom is -0.352 e. The summed E-state index contributed by atoms with van der Waals surface area (Å²) in [5, 5.41) is 2.76. The summed E-state index contributed by atoms with van der Waals surface area (Å²) >= 11 is 0. The molecule has 2 rings (SSSR count). The van der Waals surface area contributed by atoms with Crippen molar-refractivity contribution in [2.24, 2.45) is 11.7 Å². The number of alkyl halides is 3. The van der Waals surface area contributed by atoms with Gasteiger partial charge < -0.3 is 11.1 Å². The smallest absolute Gasteiger partial charge is 0.352 e. The molecule has 0 aromatic heterocycles. The van der Waals surface area contributed by atoms with E-state index in [0.29, 0.717) is 18.4 Å². The summed E-state index contributed by atoms with van der Waals surface area (Å²) in [6.07, 6.45) is -3.31. The van der Waals surface area contributed by atoms with Gasteiger partial charge >= 0.3 is 6.18 Å². The minimum absolute atomic E-state index is 0. The normalized spacial score (nSPS) is 23.3. The van der Waals surface area contributed by atoms with Gasteiger partial charge in [0.15, 0.2) is 0 Å². The number of benzene rings is 1. The van der Waals surface area contributed by atoms with Crippen molar-refractivity contribution in [3.63, 3.8) is 0 Å². The van der Waals surface area contributed by atoms with Crippen molar-refractivity contribution in [1.29, 1.82) is 0 Å². The Morgan fingerprint density at radius 2 is 1.68 bits per heavy atom. The summed E-state index contributed by atoms with van der Waals surface area (Å²) in [5.41, 5.74) is 6.55. The molecule has 0 spiro atoms. The molecule has 3 N–H and O–H groups in total. The fourth-order valence-corrected chi connectivity index (χ4v) is 2.67. The van der Waals surface area contributed by atoms with Crippen LogP contribution in [0.4, 0.5) is 13.2 Å². The molecule has 0 radical (unpaired) electrons. The molecule has 3 nitrogen and oxygen atoms in total. The Morgan fingerprint density at radius 3 is 2.18 bits per heavy atom. The maximum atomic E-state index is 12.6. The maximum absolute atomic E-state index is 12.6. The van der Waals surface area contributed by atoms with Crippen molar-refractivity contribution in [2.45, 2.75) is 43.9 Å². The van der Waals surface area contributed by atoms with E-state index in [-0.39, 0.29) is 37.2 Å². The molecule has 124 valence electrons. The molecule has 1 aliphatic rings. The van der Waals surface area contributed by atoms with Gasteiger partial charge in [0, 0.05) is 6.04 Å². The lowest BCUT2D eigenvalue weighted by Crippen LogP contribution is -2.43. The van der Waals surface area contributed by atoms with Crippen LogP contribution in [0.5, 0.6) is 0 Å². The number of carbonyl (C=O) groups excluding carboxylic acids is 1. The number of carbonyl (C=O) groups is 1. The molecule has 7 heteroatoms. The van der Waals surface area contributed by atoms with Crippen LogP contribution in [0.2, 0.25) is 0 Å². The molecule has 22 heavy (non-hydrogen) atoms. The highest BCUT2D eigenvalue weighted by molar-refractivity contribution is 5.85. The molecule has 1 aromatic carbocycles. The number of halogens is 4. The van der Waals surface area contributed by atoms with E-state index in [9.17, 15) is 18.0 Å². The monoisotopic (exact) mass is 336 g/mol. The number of hydrogen-bond donors (Lipinski definition) is 2. The highest BCUT2D eigenvalue weighted by Gasteiger charge is 2.41. The van der Waals surface area contributed by atoms with Crippen molar-refractivity contribution in [3.8, 4) is 0 Å². The molecular weight excluding hydrogens is 317 g/mol. The van der Waals surface area contributed by atoms with Gasteiger partial charge in [-0.1, -0.05) is 30.3 Å². The second-order valence-corrected chi connectivity index (χ2v) is 5.49. The van der Waals surface area contributed by atoms with Gasteiger partial charge in [0.05, 0.1) is 5.92 Å². The lowest BCUT2D eigenvalue weighted by atomic mass is 9.85. The summed E-state index contributed by atoms with van der Waals surface area (Å²) in [6.45, 7) is 0. The molecule has 1 saturated carbocycles. The van der Waals surface area contributed by atoms with Gasteiger partial charge in [0.1, 0.15) is 6.04 Å².